The summed E-state index contributed by atoms with van der Waals surface area (Å²) >= 11 is 1.98. The molecular weight excluding hydrogens is 324 g/mol. The molecule has 1 aliphatic heterocycles. The number of benzene rings is 3. The van der Waals surface area contributed by atoms with E-state index in [0.717, 1.165) is 19.4 Å². The predicted molar refractivity (Wildman–Crippen MR) is 106 cm³/mol. The van der Waals surface area contributed by atoms with Gasteiger partial charge in [-0.15, -0.1) is 11.8 Å². The van der Waals surface area contributed by atoms with Gasteiger partial charge in [-0.1, -0.05) is 91.0 Å². The summed E-state index contributed by atoms with van der Waals surface area (Å²) in [5.41, 5.74) is 4.02. The highest BCUT2D eigenvalue weighted by Gasteiger charge is 2.41. The Morgan fingerprint density at radius 1 is 0.720 bits per heavy atom. The topological polar surface area (TPSA) is 9.23 Å². The Morgan fingerprint density at radius 2 is 1.20 bits per heavy atom. The van der Waals surface area contributed by atoms with E-state index >= 15 is 0 Å². The first-order chi connectivity index (χ1) is 12.3. The van der Waals surface area contributed by atoms with E-state index in [1.807, 2.05) is 11.8 Å². The van der Waals surface area contributed by atoms with Crippen LogP contribution in [0, 0.1) is 0 Å². The zero-order valence-electron chi connectivity index (χ0n) is 14.2. The largest absolute Gasteiger partial charge is 0.362 e. The fourth-order valence-electron chi connectivity index (χ4n) is 3.45. The van der Waals surface area contributed by atoms with E-state index in [0.29, 0.717) is 5.25 Å². The first kappa shape index (κ1) is 16.4. The van der Waals surface area contributed by atoms with Crippen LogP contribution in [-0.4, -0.2) is 11.5 Å². The van der Waals surface area contributed by atoms with E-state index in [1.165, 1.54) is 16.7 Å². The third-order valence-corrected chi connectivity index (χ3v) is 6.19. The van der Waals surface area contributed by atoms with Gasteiger partial charge in [0.25, 0.3) is 0 Å². The minimum absolute atomic E-state index is 0.205. The second-order valence-corrected chi connectivity index (χ2v) is 8.11. The molecule has 25 heavy (non-hydrogen) atoms. The molecule has 0 saturated carbocycles. The molecular formula is C23H22OS. The van der Waals surface area contributed by atoms with E-state index in [1.54, 1.807) is 0 Å². The number of rotatable bonds is 5. The van der Waals surface area contributed by atoms with Crippen molar-refractivity contribution < 1.29 is 4.74 Å². The molecule has 1 nitrogen and oxygen atoms in total. The normalized spacial score (nSPS) is 19.0. The fraction of sp³-hybridized carbons (Fsp3) is 0.217. The average molecular weight is 346 g/mol. The van der Waals surface area contributed by atoms with Crippen LogP contribution in [0.15, 0.2) is 91.0 Å². The van der Waals surface area contributed by atoms with Crippen LogP contribution >= 0.6 is 11.8 Å². The van der Waals surface area contributed by atoms with Gasteiger partial charge in [0.2, 0.25) is 0 Å². The van der Waals surface area contributed by atoms with Crippen molar-refractivity contribution >= 4 is 11.8 Å². The minimum atomic E-state index is -0.205. The maximum atomic E-state index is 6.48. The smallest absolute Gasteiger partial charge is 0.122 e. The van der Waals surface area contributed by atoms with E-state index in [-0.39, 0.29) is 4.93 Å². The lowest BCUT2D eigenvalue weighted by atomic mass is 10.0. The molecule has 0 bridgehead atoms. The second-order valence-electron chi connectivity index (χ2n) is 6.56. The van der Waals surface area contributed by atoms with Crippen LogP contribution in [0.5, 0.6) is 0 Å². The van der Waals surface area contributed by atoms with Crippen molar-refractivity contribution in [2.75, 3.05) is 6.61 Å². The molecule has 0 amide bonds. The maximum Gasteiger partial charge on any atom is 0.122 e. The maximum absolute atomic E-state index is 6.48. The summed E-state index contributed by atoms with van der Waals surface area (Å²) in [6.45, 7) is 0.772. The van der Waals surface area contributed by atoms with Crippen LogP contribution in [-0.2, 0) is 17.6 Å². The van der Waals surface area contributed by atoms with Crippen LogP contribution in [0.4, 0.5) is 0 Å². The third-order valence-electron chi connectivity index (χ3n) is 4.66. The van der Waals surface area contributed by atoms with Gasteiger partial charge >= 0.3 is 0 Å². The van der Waals surface area contributed by atoms with Crippen LogP contribution in [0.1, 0.15) is 21.9 Å². The van der Waals surface area contributed by atoms with Crippen LogP contribution in [0.3, 0.4) is 0 Å². The Labute approximate surface area is 154 Å². The van der Waals surface area contributed by atoms with Gasteiger partial charge in [0.15, 0.2) is 0 Å². The molecule has 2 heteroatoms. The highest BCUT2D eigenvalue weighted by molar-refractivity contribution is 8.01. The van der Waals surface area contributed by atoms with Crippen molar-refractivity contribution in [1.82, 2.24) is 0 Å². The van der Waals surface area contributed by atoms with Gasteiger partial charge in [-0.05, 0) is 16.7 Å². The van der Waals surface area contributed by atoms with Crippen molar-refractivity contribution in [2.45, 2.75) is 23.0 Å². The Hall–Kier alpha value is -2.03. The Morgan fingerprint density at radius 3 is 1.72 bits per heavy atom. The summed E-state index contributed by atoms with van der Waals surface area (Å²) in [5, 5.41) is 0.397. The lowest BCUT2D eigenvalue weighted by Gasteiger charge is -2.28. The summed E-state index contributed by atoms with van der Waals surface area (Å²) in [6, 6.07) is 32.1. The molecule has 0 unspecified atom stereocenters. The molecule has 0 aromatic heterocycles. The van der Waals surface area contributed by atoms with Gasteiger partial charge in [-0.3, -0.25) is 0 Å². The van der Waals surface area contributed by atoms with E-state index in [4.69, 9.17) is 4.74 Å². The van der Waals surface area contributed by atoms with Gasteiger partial charge in [0.1, 0.15) is 4.93 Å². The molecule has 3 aromatic carbocycles. The lowest BCUT2D eigenvalue weighted by molar-refractivity contribution is 0.0459. The van der Waals surface area contributed by atoms with Gasteiger partial charge in [0, 0.05) is 12.8 Å². The first-order valence-electron chi connectivity index (χ1n) is 8.78. The van der Waals surface area contributed by atoms with Crippen molar-refractivity contribution in [3.8, 4) is 0 Å². The quantitative estimate of drug-likeness (QED) is 0.588. The molecule has 1 fully saturated rings. The Bertz CT molecular complexity index is 745. The summed E-state index contributed by atoms with van der Waals surface area (Å²) < 4.78 is 6.48. The number of hydrogen-bond donors (Lipinski definition) is 0. The Balaban J connectivity index is 1.60. The average Bonchev–Trinajstić information content (AvgIpc) is 3.08. The zero-order valence-corrected chi connectivity index (χ0v) is 15.0. The number of ether oxygens (including phenoxy) is 1. The monoisotopic (exact) mass is 346 g/mol. The van der Waals surface area contributed by atoms with Gasteiger partial charge in [-0.2, -0.15) is 0 Å². The van der Waals surface area contributed by atoms with Crippen LogP contribution < -0.4 is 0 Å². The standard InChI is InChI=1S/C23H22OS/c1-4-10-19(11-5-1)16-23(17-20-12-6-2-7-13-20)24-18-22(25-23)21-14-8-3-9-15-21/h1-15,22H,16-18H2/t22-/m1/s1. The van der Waals surface area contributed by atoms with Crippen LogP contribution in [0.25, 0.3) is 0 Å². The minimum Gasteiger partial charge on any atom is -0.362 e. The number of hydrogen-bond acceptors (Lipinski definition) is 2. The summed E-state index contributed by atoms with van der Waals surface area (Å²) in [5.74, 6) is 0. The second kappa shape index (κ2) is 7.47. The number of thioether (sulfide) groups is 1. The summed E-state index contributed by atoms with van der Waals surface area (Å²) in [4.78, 5) is -0.205. The molecule has 4 rings (SSSR count). The highest BCUT2D eigenvalue weighted by Crippen LogP contribution is 2.49. The predicted octanol–water partition coefficient (Wildman–Crippen LogP) is 5.67. The zero-order chi connectivity index (χ0) is 17.0. The van der Waals surface area contributed by atoms with E-state index in [2.05, 4.69) is 91.0 Å². The molecule has 0 aliphatic carbocycles. The molecule has 1 heterocycles. The fourth-order valence-corrected chi connectivity index (χ4v) is 5.03. The van der Waals surface area contributed by atoms with Gasteiger partial charge in [-0.25, -0.2) is 0 Å². The molecule has 1 saturated heterocycles. The van der Waals surface area contributed by atoms with Crippen LogP contribution in [0.2, 0.25) is 0 Å². The summed E-state index contributed by atoms with van der Waals surface area (Å²) in [6.07, 6.45) is 1.85. The van der Waals surface area contributed by atoms with Crippen molar-refractivity contribution in [3.63, 3.8) is 0 Å². The van der Waals surface area contributed by atoms with E-state index in [9.17, 15) is 0 Å². The molecule has 0 radical (unpaired) electrons. The van der Waals surface area contributed by atoms with Crippen molar-refractivity contribution in [3.05, 3.63) is 108 Å². The van der Waals surface area contributed by atoms with Gasteiger partial charge in [0.05, 0.1) is 11.9 Å². The SMILES string of the molecule is c1ccc(CC2(Cc3ccccc3)OC[C@H](c3ccccc3)S2)cc1. The lowest BCUT2D eigenvalue weighted by Crippen LogP contribution is -2.30. The highest BCUT2D eigenvalue weighted by atomic mass is 32.2. The first-order valence-corrected chi connectivity index (χ1v) is 9.66. The van der Waals surface area contributed by atoms with Crippen molar-refractivity contribution in [1.29, 1.82) is 0 Å². The molecule has 1 atom stereocenters. The van der Waals surface area contributed by atoms with Crippen molar-refractivity contribution in [2.24, 2.45) is 0 Å². The van der Waals surface area contributed by atoms with Gasteiger partial charge < -0.3 is 4.74 Å². The molecule has 3 aromatic rings. The Kier molecular flexibility index (Phi) is 4.91. The molecule has 1 aliphatic rings. The molecule has 126 valence electrons. The third kappa shape index (κ3) is 3.97. The molecule has 0 N–H and O–H groups in total. The molecule has 0 spiro atoms. The summed E-state index contributed by atoms with van der Waals surface area (Å²) in [7, 11) is 0. The van der Waals surface area contributed by atoms with E-state index < -0.39 is 0 Å².